The predicted octanol–water partition coefficient (Wildman–Crippen LogP) is 5.63. The summed E-state index contributed by atoms with van der Waals surface area (Å²) in [6.07, 6.45) is -3.22. The molecule has 0 aliphatic carbocycles. The van der Waals surface area contributed by atoms with E-state index in [0.29, 0.717) is 15.8 Å². The van der Waals surface area contributed by atoms with Crippen LogP contribution in [0.2, 0.25) is 5.02 Å². The molecule has 1 atom stereocenters. The zero-order chi connectivity index (χ0) is 20.6. The normalized spacial score (nSPS) is 13.1. The van der Waals surface area contributed by atoms with Crippen LogP contribution >= 0.6 is 27.5 Å². The van der Waals surface area contributed by atoms with Gasteiger partial charge in [0.25, 0.3) is 0 Å². The molecule has 0 aliphatic heterocycles. The molecular formula is C18H15BrClF4N3O. The lowest BCUT2D eigenvalue weighted by atomic mass is 10.0. The molecule has 0 saturated heterocycles. The van der Waals surface area contributed by atoms with Gasteiger partial charge in [0.05, 0.1) is 29.6 Å². The lowest BCUT2D eigenvalue weighted by Crippen LogP contribution is -2.21. The van der Waals surface area contributed by atoms with Gasteiger partial charge in [0.1, 0.15) is 5.82 Å². The van der Waals surface area contributed by atoms with Crippen LogP contribution < -0.4 is 0 Å². The van der Waals surface area contributed by atoms with Crippen molar-refractivity contribution in [3.8, 4) is 22.4 Å². The summed E-state index contributed by atoms with van der Waals surface area (Å²) in [6.45, 7) is 1.06. The van der Waals surface area contributed by atoms with E-state index in [1.165, 1.54) is 31.3 Å². The number of hydrogen-bond acceptors (Lipinski definition) is 2. The van der Waals surface area contributed by atoms with Gasteiger partial charge >= 0.3 is 6.18 Å². The quantitative estimate of drug-likeness (QED) is 0.367. The number of aromatic nitrogens is 3. The number of aromatic amines is 1. The topological polar surface area (TPSA) is 53.8 Å². The van der Waals surface area contributed by atoms with Crippen LogP contribution in [0, 0.1) is 5.82 Å². The van der Waals surface area contributed by atoms with Gasteiger partial charge in [0, 0.05) is 28.2 Å². The van der Waals surface area contributed by atoms with Gasteiger partial charge in [-0.05, 0) is 24.6 Å². The van der Waals surface area contributed by atoms with Gasteiger partial charge in [-0.3, -0.25) is 4.68 Å². The first kappa shape index (κ1) is 20.9. The summed E-state index contributed by atoms with van der Waals surface area (Å²) in [4.78, 5) is 2.80. The van der Waals surface area contributed by atoms with Crippen molar-refractivity contribution in [3.05, 3.63) is 52.7 Å². The molecule has 3 aromatic rings. The molecule has 3 rings (SSSR count). The number of halogens is 6. The molecular weight excluding hydrogens is 466 g/mol. The molecule has 2 aromatic heterocycles. The van der Waals surface area contributed by atoms with Crippen LogP contribution in [0.3, 0.4) is 0 Å². The Morgan fingerprint density at radius 1 is 1.32 bits per heavy atom. The summed E-state index contributed by atoms with van der Waals surface area (Å²) in [7, 11) is 0. The van der Waals surface area contributed by atoms with E-state index in [9.17, 15) is 22.7 Å². The molecule has 28 heavy (non-hydrogen) atoms. The third kappa shape index (κ3) is 3.83. The summed E-state index contributed by atoms with van der Waals surface area (Å²) in [5.74, 6) is -0.582. The molecule has 0 aliphatic rings. The van der Waals surface area contributed by atoms with E-state index in [-0.39, 0.29) is 33.7 Å². The maximum Gasteiger partial charge on any atom is 0.433 e. The number of H-pyrrole nitrogens is 1. The van der Waals surface area contributed by atoms with Crippen molar-refractivity contribution in [1.82, 2.24) is 14.8 Å². The average molecular weight is 481 g/mol. The van der Waals surface area contributed by atoms with Gasteiger partial charge < -0.3 is 10.1 Å². The Balaban J connectivity index is 2.22. The molecule has 0 amide bonds. The lowest BCUT2D eigenvalue weighted by molar-refractivity contribution is -0.144. The molecule has 1 aromatic carbocycles. The van der Waals surface area contributed by atoms with Crippen LogP contribution in [-0.4, -0.2) is 26.0 Å². The maximum atomic E-state index is 14.3. The second-order valence-corrected chi connectivity index (χ2v) is 7.19. The third-order valence-electron chi connectivity index (χ3n) is 4.17. The van der Waals surface area contributed by atoms with E-state index in [1.54, 1.807) is 0 Å². The molecule has 150 valence electrons. The van der Waals surface area contributed by atoms with E-state index in [2.05, 4.69) is 26.0 Å². The van der Waals surface area contributed by atoms with Crippen molar-refractivity contribution >= 4 is 27.5 Å². The van der Waals surface area contributed by atoms with Crippen molar-refractivity contribution < 1.29 is 22.7 Å². The summed E-state index contributed by atoms with van der Waals surface area (Å²) < 4.78 is 56.2. The van der Waals surface area contributed by atoms with Crippen LogP contribution in [0.5, 0.6) is 0 Å². The summed E-state index contributed by atoms with van der Waals surface area (Å²) >= 11 is 9.39. The van der Waals surface area contributed by atoms with Crippen LogP contribution in [0.1, 0.15) is 18.2 Å². The molecule has 4 nitrogen and oxygen atoms in total. The number of rotatable bonds is 5. The Labute approximate surface area is 171 Å². The Morgan fingerprint density at radius 2 is 2.04 bits per heavy atom. The largest absolute Gasteiger partial charge is 0.433 e. The minimum absolute atomic E-state index is 0.103. The molecule has 2 N–H and O–H groups in total. The highest BCUT2D eigenvalue weighted by atomic mass is 79.9. The zero-order valence-electron chi connectivity index (χ0n) is 14.5. The van der Waals surface area contributed by atoms with Gasteiger partial charge in [-0.15, -0.1) is 0 Å². The van der Waals surface area contributed by atoms with Crippen LogP contribution in [0.4, 0.5) is 17.6 Å². The average Bonchev–Trinajstić information content (AvgIpc) is 3.17. The fourth-order valence-electron chi connectivity index (χ4n) is 3.07. The number of nitrogens with one attached hydrogen (secondary N) is 1. The van der Waals surface area contributed by atoms with Gasteiger partial charge in [-0.1, -0.05) is 33.6 Å². The second kappa shape index (κ2) is 7.88. The van der Waals surface area contributed by atoms with E-state index in [4.69, 9.17) is 11.6 Å². The molecule has 2 heterocycles. The van der Waals surface area contributed by atoms with Crippen LogP contribution in [0.25, 0.3) is 22.4 Å². The molecule has 0 saturated carbocycles. The molecule has 0 unspecified atom stereocenters. The van der Waals surface area contributed by atoms with Gasteiger partial charge in [-0.25, -0.2) is 4.39 Å². The summed E-state index contributed by atoms with van der Waals surface area (Å²) in [5, 5.41) is 13.6. The molecule has 0 bridgehead atoms. The first-order valence-corrected chi connectivity index (χ1v) is 9.67. The monoisotopic (exact) mass is 479 g/mol. The smallest absolute Gasteiger partial charge is 0.391 e. The van der Waals surface area contributed by atoms with E-state index >= 15 is 0 Å². The van der Waals surface area contributed by atoms with Crippen molar-refractivity contribution in [1.29, 1.82) is 0 Å². The number of aliphatic hydroxyl groups is 1. The fourth-order valence-corrected chi connectivity index (χ4v) is 3.91. The number of alkyl halides is 4. The number of hydrogen-bond donors (Lipinski definition) is 2. The number of aliphatic hydroxyl groups excluding tert-OH is 1. The van der Waals surface area contributed by atoms with E-state index < -0.39 is 23.8 Å². The Kier molecular flexibility index (Phi) is 5.88. The predicted molar refractivity (Wildman–Crippen MR) is 102 cm³/mol. The highest BCUT2D eigenvalue weighted by Crippen LogP contribution is 2.42. The Morgan fingerprint density at radius 3 is 2.61 bits per heavy atom. The minimum atomic E-state index is -4.70. The SMILES string of the molecule is C[C@@H](O)Cn1ncc(-c2[nH]cc(-c3c(F)cccc3Cl)c2CBr)c1C(F)(F)F. The Bertz CT molecular complexity index is 977. The van der Waals surface area contributed by atoms with Gasteiger partial charge in [-0.2, -0.15) is 18.3 Å². The number of nitrogens with zero attached hydrogens (tertiary/aromatic N) is 2. The minimum Gasteiger partial charge on any atom is -0.391 e. The van der Waals surface area contributed by atoms with Gasteiger partial charge in [0.2, 0.25) is 0 Å². The second-order valence-electron chi connectivity index (χ2n) is 6.22. The van der Waals surface area contributed by atoms with E-state index in [1.807, 2.05) is 0 Å². The van der Waals surface area contributed by atoms with Gasteiger partial charge in [0.15, 0.2) is 5.69 Å². The van der Waals surface area contributed by atoms with Crippen molar-refractivity contribution in [2.24, 2.45) is 0 Å². The zero-order valence-corrected chi connectivity index (χ0v) is 16.8. The molecule has 0 fully saturated rings. The molecule has 10 heteroatoms. The number of benzene rings is 1. The van der Waals surface area contributed by atoms with Crippen LogP contribution in [-0.2, 0) is 18.1 Å². The highest BCUT2D eigenvalue weighted by molar-refractivity contribution is 9.08. The van der Waals surface area contributed by atoms with E-state index in [0.717, 1.165) is 6.20 Å². The lowest BCUT2D eigenvalue weighted by Gasteiger charge is -2.14. The summed E-state index contributed by atoms with van der Waals surface area (Å²) in [5.41, 5.74) is -0.174. The highest BCUT2D eigenvalue weighted by Gasteiger charge is 2.39. The maximum absolute atomic E-state index is 14.3. The van der Waals surface area contributed by atoms with Crippen molar-refractivity contribution in [2.45, 2.75) is 31.1 Å². The standard InChI is InChI=1S/C18H15BrClF4N3O/c1-9(28)8-27-17(18(22,23)24)12(7-26-27)16-10(5-19)11(6-25-16)15-13(20)3-2-4-14(15)21/h2-4,6-7,9,25,28H,5,8H2,1H3/t9-/m1/s1. The van der Waals surface area contributed by atoms with Crippen molar-refractivity contribution in [3.63, 3.8) is 0 Å². The summed E-state index contributed by atoms with van der Waals surface area (Å²) in [6, 6.07) is 4.19. The van der Waals surface area contributed by atoms with Crippen LogP contribution in [0.15, 0.2) is 30.6 Å². The third-order valence-corrected chi connectivity index (χ3v) is 5.04. The molecule has 0 radical (unpaired) electrons. The fraction of sp³-hybridized carbons (Fsp3) is 0.278. The first-order valence-electron chi connectivity index (χ1n) is 8.17. The van der Waals surface area contributed by atoms with Crippen molar-refractivity contribution in [2.75, 3.05) is 0 Å². The molecule has 0 spiro atoms. The Hall–Kier alpha value is -1.84. The first-order chi connectivity index (χ1) is 13.1.